The molecule has 0 saturated carbocycles. The van der Waals surface area contributed by atoms with Crippen molar-refractivity contribution in [2.24, 2.45) is 0 Å². The van der Waals surface area contributed by atoms with Gasteiger partial charge < -0.3 is 33.5 Å². The molecule has 1 aromatic rings. The number of nitrogens with zero attached hydrogens (tertiary/aromatic N) is 1. The van der Waals surface area contributed by atoms with Crippen LogP contribution in [-0.2, 0) is 23.7 Å². The predicted molar refractivity (Wildman–Crippen MR) is 90.9 cm³/mol. The summed E-state index contributed by atoms with van der Waals surface area (Å²) in [5.41, 5.74) is 0. The van der Waals surface area contributed by atoms with Gasteiger partial charge in [0.25, 0.3) is 0 Å². The van der Waals surface area contributed by atoms with E-state index in [9.17, 15) is 0 Å². The van der Waals surface area contributed by atoms with E-state index in [1.165, 1.54) is 0 Å². The number of aliphatic hydroxyl groups is 1. The van der Waals surface area contributed by atoms with Gasteiger partial charge in [-0.05, 0) is 12.1 Å². The zero-order valence-corrected chi connectivity index (χ0v) is 14.6. The van der Waals surface area contributed by atoms with E-state index in [-0.39, 0.29) is 6.61 Å². The van der Waals surface area contributed by atoms with Crippen LogP contribution in [0.5, 0.6) is 5.75 Å². The first-order chi connectivity index (χ1) is 12.4. The van der Waals surface area contributed by atoms with Crippen molar-refractivity contribution in [2.75, 3.05) is 79.3 Å². The van der Waals surface area contributed by atoms with E-state index in [0.29, 0.717) is 72.7 Å². The lowest BCUT2D eigenvalue weighted by Gasteiger charge is -2.08. The molecule has 8 nitrogen and oxygen atoms in total. The summed E-state index contributed by atoms with van der Waals surface area (Å²) in [7, 11) is 0. The molecule has 0 spiro atoms. The minimum absolute atomic E-state index is 0.0353. The van der Waals surface area contributed by atoms with Crippen LogP contribution < -0.4 is 4.74 Å². The van der Waals surface area contributed by atoms with Crippen LogP contribution in [0.25, 0.3) is 0 Å². The van der Waals surface area contributed by atoms with Gasteiger partial charge in [0.1, 0.15) is 12.4 Å². The molecule has 1 rings (SSSR count). The van der Waals surface area contributed by atoms with Gasteiger partial charge in [-0.2, -0.15) is 0 Å². The van der Waals surface area contributed by atoms with Gasteiger partial charge in [-0.3, -0.25) is 4.98 Å². The summed E-state index contributed by atoms with van der Waals surface area (Å²) in [6.45, 7) is 5.51. The summed E-state index contributed by atoms with van der Waals surface area (Å²) >= 11 is 0. The monoisotopic (exact) mass is 359 g/mol. The third-order valence-corrected chi connectivity index (χ3v) is 2.87. The molecule has 0 saturated heterocycles. The Morgan fingerprint density at radius 2 is 1.00 bits per heavy atom. The molecule has 0 aliphatic carbocycles. The number of aliphatic hydroxyl groups excluding tert-OH is 1. The molecule has 0 atom stereocenters. The van der Waals surface area contributed by atoms with Crippen LogP contribution in [0, 0.1) is 0 Å². The van der Waals surface area contributed by atoms with Gasteiger partial charge in [-0.15, -0.1) is 0 Å². The highest BCUT2D eigenvalue weighted by Gasteiger charge is 1.94. The normalized spacial score (nSPS) is 10.9. The fourth-order valence-electron chi connectivity index (χ4n) is 1.70. The molecule has 0 bridgehead atoms. The lowest BCUT2D eigenvalue weighted by molar-refractivity contribution is -0.0146. The molecule has 0 aliphatic heterocycles. The molecular weight excluding hydrogens is 330 g/mol. The highest BCUT2D eigenvalue weighted by atomic mass is 16.6. The van der Waals surface area contributed by atoms with Crippen molar-refractivity contribution in [2.45, 2.75) is 0 Å². The van der Waals surface area contributed by atoms with Gasteiger partial charge in [0.2, 0.25) is 0 Å². The SMILES string of the molecule is OCCOCCOCCOCCOCCOCCOc1ccncc1. The number of hydrogen-bond acceptors (Lipinski definition) is 8. The lowest BCUT2D eigenvalue weighted by Crippen LogP contribution is -2.14. The summed E-state index contributed by atoms with van der Waals surface area (Å²) in [5, 5.41) is 8.51. The molecule has 0 fully saturated rings. The molecular formula is C17H29NO7. The zero-order chi connectivity index (χ0) is 17.8. The third-order valence-electron chi connectivity index (χ3n) is 2.87. The highest BCUT2D eigenvalue weighted by molar-refractivity contribution is 5.16. The summed E-state index contributed by atoms with van der Waals surface area (Å²) in [5.74, 6) is 0.786. The van der Waals surface area contributed by atoms with Crippen LogP contribution >= 0.6 is 0 Å². The van der Waals surface area contributed by atoms with Gasteiger partial charge in [0.05, 0.1) is 72.7 Å². The van der Waals surface area contributed by atoms with Crippen LogP contribution in [0.15, 0.2) is 24.5 Å². The van der Waals surface area contributed by atoms with Gasteiger partial charge in [0.15, 0.2) is 0 Å². The van der Waals surface area contributed by atoms with Crippen LogP contribution in [0.3, 0.4) is 0 Å². The summed E-state index contributed by atoms with van der Waals surface area (Å²) in [6.07, 6.45) is 3.37. The number of pyridine rings is 1. The van der Waals surface area contributed by atoms with Crippen LogP contribution in [0.1, 0.15) is 0 Å². The van der Waals surface area contributed by atoms with E-state index in [1.54, 1.807) is 24.5 Å². The summed E-state index contributed by atoms with van der Waals surface area (Å²) in [6, 6.07) is 3.61. The van der Waals surface area contributed by atoms with E-state index in [4.69, 9.17) is 33.5 Å². The van der Waals surface area contributed by atoms with E-state index in [1.807, 2.05) is 0 Å². The Balaban J connectivity index is 1.69. The number of hydrogen-bond donors (Lipinski definition) is 1. The Kier molecular flexibility index (Phi) is 15.3. The predicted octanol–water partition coefficient (Wildman–Crippen LogP) is 0.536. The molecule has 0 amide bonds. The smallest absolute Gasteiger partial charge is 0.122 e. The largest absolute Gasteiger partial charge is 0.491 e. The second-order valence-corrected chi connectivity index (χ2v) is 4.82. The molecule has 144 valence electrons. The maximum atomic E-state index is 8.51. The molecule has 1 N–H and O–H groups in total. The molecule has 8 heteroatoms. The number of aromatic nitrogens is 1. The van der Waals surface area contributed by atoms with Crippen molar-refractivity contribution in [3.63, 3.8) is 0 Å². The van der Waals surface area contributed by atoms with E-state index in [2.05, 4.69) is 4.98 Å². The molecule has 1 heterocycles. The van der Waals surface area contributed by atoms with E-state index >= 15 is 0 Å². The maximum absolute atomic E-state index is 8.51. The van der Waals surface area contributed by atoms with Crippen molar-refractivity contribution >= 4 is 0 Å². The van der Waals surface area contributed by atoms with Gasteiger partial charge in [0, 0.05) is 12.4 Å². The molecule has 1 aromatic heterocycles. The Morgan fingerprint density at radius 3 is 1.44 bits per heavy atom. The summed E-state index contributed by atoms with van der Waals surface area (Å²) < 4.78 is 32.0. The lowest BCUT2D eigenvalue weighted by atomic mass is 10.4. The van der Waals surface area contributed by atoms with Crippen LogP contribution in [0.2, 0.25) is 0 Å². The Morgan fingerprint density at radius 1 is 0.600 bits per heavy atom. The number of ether oxygens (including phenoxy) is 6. The highest BCUT2D eigenvalue weighted by Crippen LogP contribution is 2.05. The molecule has 0 unspecified atom stereocenters. The molecule has 25 heavy (non-hydrogen) atoms. The van der Waals surface area contributed by atoms with E-state index in [0.717, 1.165) is 5.75 Å². The van der Waals surface area contributed by atoms with Crippen LogP contribution in [-0.4, -0.2) is 89.4 Å². The molecule has 0 aliphatic rings. The Hall–Kier alpha value is -1.29. The van der Waals surface area contributed by atoms with Crippen molar-refractivity contribution in [3.8, 4) is 5.75 Å². The minimum Gasteiger partial charge on any atom is -0.491 e. The average Bonchev–Trinajstić information content (AvgIpc) is 2.65. The van der Waals surface area contributed by atoms with Crippen molar-refractivity contribution < 1.29 is 33.5 Å². The van der Waals surface area contributed by atoms with Crippen molar-refractivity contribution in [3.05, 3.63) is 24.5 Å². The standard InChI is InChI=1S/C17H29NO7/c19-5-6-20-7-8-21-9-10-22-11-12-23-13-14-24-15-16-25-17-1-3-18-4-2-17/h1-4,19H,5-16H2. The topological polar surface area (TPSA) is 88.5 Å². The maximum Gasteiger partial charge on any atom is 0.122 e. The van der Waals surface area contributed by atoms with Crippen molar-refractivity contribution in [1.29, 1.82) is 0 Å². The van der Waals surface area contributed by atoms with Crippen molar-refractivity contribution in [1.82, 2.24) is 4.98 Å². The fraction of sp³-hybridized carbons (Fsp3) is 0.706. The second kappa shape index (κ2) is 17.5. The average molecular weight is 359 g/mol. The molecule has 0 aromatic carbocycles. The minimum atomic E-state index is 0.0353. The Labute approximate surface area is 149 Å². The van der Waals surface area contributed by atoms with Gasteiger partial charge >= 0.3 is 0 Å². The molecule has 0 radical (unpaired) electrons. The first kappa shape index (κ1) is 21.8. The van der Waals surface area contributed by atoms with Crippen LogP contribution in [0.4, 0.5) is 0 Å². The Bertz CT molecular complexity index is 381. The van der Waals surface area contributed by atoms with Gasteiger partial charge in [-0.1, -0.05) is 0 Å². The first-order valence-electron chi connectivity index (χ1n) is 8.46. The first-order valence-corrected chi connectivity index (χ1v) is 8.46. The quantitative estimate of drug-likeness (QED) is 0.380. The van der Waals surface area contributed by atoms with E-state index < -0.39 is 0 Å². The third kappa shape index (κ3) is 14.7. The van der Waals surface area contributed by atoms with Gasteiger partial charge in [-0.25, -0.2) is 0 Å². The zero-order valence-electron chi connectivity index (χ0n) is 14.6. The summed E-state index contributed by atoms with van der Waals surface area (Å²) in [4.78, 5) is 3.92. The second-order valence-electron chi connectivity index (χ2n) is 4.82. The number of rotatable bonds is 18. The fourth-order valence-corrected chi connectivity index (χ4v) is 1.70.